The van der Waals surface area contributed by atoms with Gasteiger partial charge in [0.25, 0.3) is 0 Å². The van der Waals surface area contributed by atoms with Crippen molar-refractivity contribution in [3.63, 3.8) is 0 Å². The molecule has 0 amide bonds. The van der Waals surface area contributed by atoms with Crippen LogP contribution < -0.4 is 46.7 Å². The van der Waals surface area contributed by atoms with E-state index in [-0.39, 0.29) is 0 Å². The van der Waals surface area contributed by atoms with Gasteiger partial charge in [0.15, 0.2) is 75.8 Å². The number of nitrogens with zero attached hydrogens (tertiary/aromatic N) is 4. The Hall–Kier alpha value is -7.92. The second kappa shape index (κ2) is 40.2. The van der Waals surface area contributed by atoms with Crippen LogP contribution in [0, 0.1) is 0 Å². The SMILES string of the molecule is CCCCCCc1ccc2cc1OCC[n+]1ccc(cc1)-c1cc[n+](cc1)Cc1ccc(cc1)C[n+]1ccc(cc1)-c1cc[n+](cc1)CCO2.F[P-](F)(F)(F)(F)F.F[P-](F)(F)(F)(F)F.F[P-](F)(F)(F)(F)F.F[P-](F)(F)(F)(F)F.c1cc2ccc1OCCOCCOCCOCCOc1ccc(cc1)OCCOCCOCCOCCO2. The first-order chi connectivity index (χ1) is 53.4. The molecule has 0 spiro atoms. The van der Waals surface area contributed by atoms with Gasteiger partial charge >= 0.3 is 132 Å². The van der Waals surface area contributed by atoms with E-state index in [0.29, 0.717) is 119 Å². The van der Waals surface area contributed by atoms with Gasteiger partial charge in [0, 0.05) is 65.7 Å². The third kappa shape index (κ3) is 58.8. The van der Waals surface area contributed by atoms with E-state index >= 15 is 0 Å². The molecule has 0 atom stereocenters. The maximum absolute atomic E-state index is 10.7. The number of ether oxygens (including phenoxy) is 12. The van der Waals surface area contributed by atoms with Crippen molar-refractivity contribution in [1.82, 2.24) is 0 Å². The number of aryl methyl sites for hydroxylation is 1. The van der Waals surface area contributed by atoms with E-state index in [2.05, 4.69) is 166 Å². The minimum atomic E-state index is -10.7. The molecule has 44 heteroatoms. The Kier molecular flexibility index (Phi) is 34.2. The normalized spacial score (nSPS) is 17.5. The molecule has 116 heavy (non-hydrogen) atoms. The molecule has 0 saturated carbocycles. The number of aromatic nitrogens is 4. The largest absolute Gasteiger partial charge is 0.491 e. The van der Waals surface area contributed by atoms with Gasteiger partial charge in [-0.05, 0) is 95.3 Å². The van der Waals surface area contributed by atoms with E-state index in [1.807, 2.05) is 48.5 Å². The fourth-order valence-corrected chi connectivity index (χ4v) is 9.74. The third-order valence-corrected chi connectivity index (χ3v) is 14.7. The summed E-state index contributed by atoms with van der Waals surface area (Å²) < 4.78 is 314. The molecule has 4 aromatic carbocycles. The molecule has 0 radical (unpaired) electrons. The minimum absolute atomic E-state index is 0.459. The van der Waals surface area contributed by atoms with Crippen molar-refractivity contribution in [1.29, 1.82) is 0 Å². The minimum Gasteiger partial charge on any atom is -0.491 e. The Morgan fingerprint density at radius 1 is 0.250 bits per heavy atom. The molecule has 0 N–H and O–H groups in total. The van der Waals surface area contributed by atoms with Crippen LogP contribution in [0.15, 0.2) is 189 Å². The van der Waals surface area contributed by atoms with Crippen molar-refractivity contribution in [2.75, 3.05) is 119 Å². The molecule has 20 rings (SSSR count). The van der Waals surface area contributed by atoms with Gasteiger partial charge < -0.3 is 56.8 Å². The Balaban J connectivity index is 0.000000316. The van der Waals surface area contributed by atoms with Gasteiger partial charge in [0.2, 0.25) is 0 Å². The van der Waals surface area contributed by atoms with Crippen molar-refractivity contribution in [2.24, 2.45) is 0 Å². The fraction of sp³-hybridized carbons (Fsp3) is 0.389. The van der Waals surface area contributed by atoms with Gasteiger partial charge in [-0.3, -0.25) is 0 Å². The predicted molar refractivity (Wildman–Crippen MR) is 389 cm³/mol. The number of hydrogen-bond acceptors (Lipinski definition) is 12. The van der Waals surface area contributed by atoms with Crippen molar-refractivity contribution in [2.45, 2.75) is 65.2 Å². The quantitative estimate of drug-likeness (QED) is 0.0705. The zero-order chi connectivity index (χ0) is 85.9. The molecular formula is C72H88F24N4O12P4. The van der Waals surface area contributed by atoms with E-state index in [1.54, 1.807) is 0 Å². The summed E-state index contributed by atoms with van der Waals surface area (Å²) in [4.78, 5) is 0. The Morgan fingerprint density at radius 2 is 0.483 bits per heavy atom. The van der Waals surface area contributed by atoms with Gasteiger partial charge in [-0.15, -0.1) is 0 Å². The summed E-state index contributed by atoms with van der Waals surface area (Å²) in [5.74, 6) is 4.82. The summed E-state index contributed by atoms with van der Waals surface area (Å²) >= 11 is 0. The monoisotopic (exact) mass is 1780 g/mol. The summed E-state index contributed by atoms with van der Waals surface area (Å²) in [7, 11) is -42.6. The first-order valence-electron chi connectivity index (χ1n) is 35.3. The average Bonchev–Trinajstić information content (AvgIpc) is 0.801. The van der Waals surface area contributed by atoms with Crippen LogP contribution in [0.3, 0.4) is 0 Å². The van der Waals surface area contributed by atoms with Crippen molar-refractivity contribution in [3.05, 3.63) is 206 Å². The summed E-state index contributed by atoms with van der Waals surface area (Å²) in [6.45, 7) is 14.4. The zero-order valence-electron chi connectivity index (χ0n) is 62.0. The van der Waals surface area contributed by atoms with E-state index in [9.17, 15) is 101 Å². The van der Waals surface area contributed by atoms with E-state index in [4.69, 9.17) is 56.8 Å². The van der Waals surface area contributed by atoms with Gasteiger partial charge in [-0.25, -0.2) is 18.3 Å². The van der Waals surface area contributed by atoms with Crippen LogP contribution in [0.1, 0.15) is 49.3 Å². The molecule has 16 nitrogen and oxygen atoms in total. The predicted octanol–water partition coefficient (Wildman–Crippen LogP) is 23.4. The zero-order valence-corrected chi connectivity index (χ0v) is 65.6. The third-order valence-electron chi connectivity index (χ3n) is 14.7. The molecule has 16 heterocycles. The Morgan fingerprint density at radius 3 is 0.750 bits per heavy atom. The molecule has 0 saturated heterocycles. The molecular weight excluding hydrogens is 1690 g/mol. The molecule has 8 aromatic rings. The molecule has 0 unspecified atom stereocenters. The number of unbranched alkanes of at least 4 members (excludes halogenated alkanes) is 3. The van der Waals surface area contributed by atoms with Gasteiger partial charge in [0.1, 0.15) is 74.1 Å². The summed E-state index contributed by atoms with van der Waals surface area (Å²) in [6, 6.07) is 47.8. The summed E-state index contributed by atoms with van der Waals surface area (Å²) in [5.41, 5.74) is 8.64. The smallest absolute Gasteiger partial charge is 0.119 e. The van der Waals surface area contributed by atoms with Crippen LogP contribution in [-0.4, -0.2) is 119 Å². The van der Waals surface area contributed by atoms with Crippen LogP contribution >= 0.6 is 31.2 Å². The first-order valence-corrected chi connectivity index (χ1v) is 43.4. The van der Waals surface area contributed by atoms with Crippen molar-refractivity contribution < 1.29 is 176 Å². The number of benzene rings is 4. The number of halogens is 24. The number of pyridine rings is 4. The number of fused-ring (bicyclic) bond motifs is 1. The fourth-order valence-electron chi connectivity index (χ4n) is 9.74. The van der Waals surface area contributed by atoms with Gasteiger partial charge in [-0.2, -0.15) is 0 Å². The van der Waals surface area contributed by atoms with Gasteiger partial charge in [-0.1, -0.05) is 56.5 Å². The maximum atomic E-state index is 9.87. The molecule has 0 fully saturated rings. The second-order valence-electron chi connectivity index (χ2n) is 25.1. The van der Waals surface area contributed by atoms with Gasteiger partial charge in [0.05, 0.1) is 79.3 Å². The average molecular weight is 1780 g/mol. The maximum Gasteiger partial charge on any atom is 0.119 e. The first kappa shape index (κ1) is 98.7. The van der Waals surface area contributed by atoms with E-state index in [1.165, 1.54) is 64.6 Å². The molecule has 656 valence electrons. The van der Waals surface area contributed by atoms with Crippen LogP contribution in [0.25, 0.3) is 22.3 Å². The van der Waals surface area contributed by atoms with E-state index < -0.39 is 31.2 Å². The molecule has 12 aliphatic rings. The number of rotatable bonds is 5. The molecule has 16 bridgehead atoms. The van der Waals surface area contributed by atoms with Crippen molar-refractivity contribution in [3.8, 4) is 56.8 Å². The molecule has 4 aromatic heterocycles. The van der Waals surface area contributed by atoms with Crippen LogP contribution in [0.4, 0.5) is 101 Å². The van der Waals surface area contributed by atoms with Crippen LogP contribution in [-0.2, 0) is 61.0 Å². The summed E-state index contributed by atoms with van der Waals surface area (Å²) in [5, 5.41) is 0. The topological polar surface area (TPSA) is 126 Å². The second-order valence-corrected chi connectivity index (χ2v) is 32.8. The number of hydrogen-bond donors (Lipinski definition) is 0. The molecule has 12 aliphatic heterocycles. The summed E-state index contributed by atoms with van der Waals surface area (Å²) in [6.07, 6.45) is 23.1. The van der Waals surface area contributed by atoms with E-state index in [0.717, 1.165) is 67.1 Å². The van der Waals surface area contributed by atoms with Crippen LogP contribution in [0.2, 0.25) is 0 Å². The Bertz CT molecular complexity index is 3920. The Labute approximate surface area is 651 Å². The standard InChI is InChI=1S/C44H48N4O2.C28H40O10.4F6P/c1-2-3-4-5-6-42-11-12-43-33-44(42)50-32-30-46-23-15-39(16-24-46)41-19-27-48(28-20-41)35-37-9-7-36(8-10-37)34-47-25-17-40(18-26-47)38-13-21-45(22-14-38)29-31-49-43;1-2-26-4-3-25(1)35-21-17-31-13-9-29-11-15-33-19-23-37-27-5-7-28(8-6-27)38-24-20-34-16-12-30-10-14-32-18-22-36-26;4*1-7(2,3,4,5)6/h7-28,33H,2-6,29-32,34-35H2,1H3;1-8H,9-24H2;;;;/q+4;;4*-1. The molecule has 0 aliphatic carbocycles. The van der Waals surface area contributed by atoms with Crippen LogP contribution in [0.5, 0.6) is 34.5 Å². The van der Waals surface area contributed by atoms with Crippen molar-refractivity contribution >= 4 is 31.2 Å².